The number of urea groups is 1. The van der Waals surface area contributed by atoms with Crippen LogP contribution in [0.15, 0.2) is 65.2 Å². The standard InChI is InChI=1S/C24H27N5O4S/c1-24(2,3)19-13-20(29-33-19)28-23(32)27-18-11-9-17(10-12-18)26-22(31)15-34-14-21(30)25-16-7-5-4-6-8-16/h4-13H,14-15H2,1-3H3,(H,25,30)(H,26,31)(H2,27,28,29,32). The Morgan fingerprint density at radius 1 is 0.794 bits per heavy atom. The first-order valence-electron chi connectivity index (χ1n) is 10.6. The van der Waals surface area contributed by atoms with Crippen molar-refractivity contribution in [1.82, 2.24) is 5.16 Å². The third kappa shape index (κ3) is 7.96. The highest BCUT2D eigenvalue weighted by Gasteiger charge is 2.20. The molecule has 9 nitrogen and oxygen atoms in total. The Kier molecular flexibility index (Phi) is 8.31. The summed E-state index contributed by atoms with van der Waals surface area (Å²) in [5.74, 6) is 0.899. The number of para-hydroxylation sites is 1. The number of amides is 4. The van der Waals surface area contributed by atoms with E-state index in [1.54, 1.807) is 42.5 Å². The second-order valence-electron chi connectivity index (χ2n) is 8.44. The van der Waals surface area contributed by atoms with Crippen LogP contribution in [0.5, 0.6) is 0 Å². The Balaban J connectivity index is 1.39. The summed E-state index contributed by atoms with van der Waals surface area (Å²) in [6.45, 7) is 5.96. The third-order valence-corrected chi connectivity index (χ3v) is 5.37. The number of nitrogens with zero attached hydrogens (tertiary/aromatic N) is 1. The van der Waals surface area contributed by atoms with Crippen molar-refractivity contribution < 1.29 is 18.9 Å². The summed E-state index contributed by atoms with van der Waals surface area (Å²) in [4.78, 5) is 36.2. The van der Waals surface area contributed by atoms with E-state index in [2.05, 4.69) is 26.4 Å². The summed E-state index contributed by atoms with van der Waals surface area (Å²) in [7, 11) is 0. The predicted molar refractivity (Wildman–Crippen MR) is 135 cm³/mol. The fourth-order valence-corrected chi connectivity index (χ4v) is 3.37. The van der Waals surface area contributed by atoms with Gasteiger partial charge in [-0.05, 0) is 36.4 Å². The Bertz CT molecular complexity index is 1120. The molecule has 0 fully saturated rings. The normalized spacial score (nSPS) is 10.9. The van der Waals surface area contributed by atoms with E-state index in [1.165, 1.54) is 11.8 Å². The molecule has 1 heterocycles. The van der Waals surface area contributed by atoms with Crippen LogP contribution >= 0.6 is 11.8 Å². The Morgan fingerprint density at radius 3 is 1.85 bits per heavy atom. The number of hydrogen-bond donors (Lipinski definition) is 4. The molecule has 3 rings (SSSR count). The van der Waals surface area contributed by atoms with Crippen molar-refractivity contribution in [3.05, 3.63) is 66.4 Å². The van der Waals surface area contributed by atoms with Crippen LogP contribution in [0.1, 0.15) is 26.5 Å². The molecule has 4 N–H and O–H groups in total. The first-order valence-corrected chi connectivity index (χ1v) is 11.7. The molecule has 0 aliphatic heterocycles. The molecule has 0 spiro atoms. The van der Waals surface area contributed by atoms with E-state index in [0.29, 0.717) is 23.0 Å². The lowest BCUT2D eigenvalue weighted by Gasteiger charge is -2.12. The molecule has 0 unspecified atom stereocenters. The summed E-state index contributed by atoms with van der Waals surface area (Å²) < 4.78 is 5.24. The molecule has 1 aromatic heterocycles. The molecule has 178 valence electrons. The van der Waals surface area contributed by atoms with Crippen molar-refractivity contribution in [2.45, 2.75) is 26.2 Å². The van der Waals surface area contributed by atoms with Gasteiger partial charge in [0.25, 0.3) is 0 Å². The van der Waals surface area contributed by atoms with E-state index in [9.17, 15) is 14.4 Å². The summed E-state index contributed by atoms with van der Waals surface area (Å²) in [5.41, 5.74) is 1.63. The van der Waals surface area contributed by atoms with Crippen LogP contribution in [-0.2, 0) is 15.0 Å². The van der Waals surface area contributed by atoms with Crippen molar-refractivity contribution in [3.63, 3.8) is 0 Å². The Morgan fingerprint density at radius 2 is 1.32 bits per heavy atom. The second-order valence-corrected chi connectivity index (χ2v) is 9.42. The van der Waals surface area contributed by atoms with Gasteiger partial charge in [-0.15, -0.1) is 11.8 Å². The number of hydrogen-bond acceptors (Lipinski definition) is 6. The number of carbonyl (C=O) groups is 3. The molecule has 4 amide bonds. The minimum absolute atomic E-state index is 0.138. The molecule has 0 bridgehead atoms. The SMILES string of the molecule is CC(C)(C)c1cc(NC(=O)Nc2ccc(NC(=O)CSCC(=O)Nc3ccccc3)cc2)no1. The summed E-state index contributed by atoms with van der Waals surface area (Å²) in [6.07, 6.45) is 0. The molecule has 0 aliphatic rings. The molecule has 0 saturated carbocycles. The molecule has 34 heavy (non-hydrogen) atoms. The van der Waals surface area contributed by atoms with E-state index >= 15 is 0 Å². The minimum Gasteiger partial charge on any atom is -0.359 e. The summed E-state index contributed by atoms with van der Waals surface area (Å²) >= 11 is 1.22. The highest BCUT2D eigenvalue weighted by atomic mass is 32.2. The highest BCUT2D eigenvalue weighted by molar-refractivity contribution is 8.00. The van der Waals surface area contributed by atoms with Crippen LogP contribution in [0.3, 0.4) is 0 Å². The largest absolute Gasteiger partial charge is 0.359 e. The van der Waals surface area contributed by atoms with Gasteiger partial charge in [0, 0.05) is 28.5 Å². The number of anilines is 4. The van der Waals surface area contributed by atoms with E-state index in [1.807, 2.05) is 39.0 Å². The van der Waals surface area contributed by atoms with Crippen LogP contribution in [-0.4, -0.2) is 34.5 Å². The van der Waals surface area contributed by atoms with Crippen molar-refractivity contribution in [2.24, 2.45) is 0 Å². The molecule has 0 atom stereocenters. The number of benzene rings is 2. The van der Waals surface area contributed by atoms with Crippen LogP contribution in [0.4, 0.5) is 27.7 Å². The second kappa shape index (κ2) is 11.4. The number of carbonyl (C=O) groups excluding carboxylic acids is 3. The smallest absolute Gasteiger partial charge is 0.324 e. The molecule has 0 saturated heterocycles. The zero-order valence-electron chi connectivity index (χ0n) is 19.2. The van der Waals surface area contributed by atoms with Crippen LogP contribution in [0.2, 0.25) is 0 Å². The average Bonchev–Trinajstić information content (AvgIpc) is 3.25. The quantitative estimate of drug-likeness (QED) is 0.362. The van der Waals surface area contributed by atoms with Crippen molar-refractivity contribution >= 4 is 52.5 Å². The van der Waals surface area contributed by atoms with Crippen LogP contribution in [0.25, 0.3) is 0 Å². The van der Waals surface area contributed by atoms with Gasteiger partial charge in [-0.3, -0.25) is 14.9 Å². The lowest BCUT2D eigenvalue weighted by molar-refractivity contribution is -0.114. The Hall–Kier alpha value is -3.79. The lowest BCUT2D eigenvalue weighted by atomic mass is 9.93. The first kappa shape index (κ1) is 24.8. The number of thioether (sulfide) groups is 1. The zero-order valence-corrected chi connectivity index (χ0v) is 20.0. The maximum atomic E-state index is 12.2. The van der Waals surface area contributed by atoms with E-state index in [0.717, 1.165) is 5.69 Å². The molecule has 10 heteroatoms. The van der Waals surface area contributed by atoms with Gasteiger partial charge in [0.05, 0.1) is 11.5 Å². The van der Waals surface area contributed by atoms with Crippen LogP contribution < -0.4 is 21.3 Å². The molecule has 0 radical (unpaired) electrons. The zero-order chi connectivity index (χ0) is 24.6. The molecule has 0 aliphatic carbocycles. The van der Waals surface area contributed by atoms with Crippen LogP contribution in [0, 0.1) is 0 Å². The average molecular weight is 482 g/mol. The lowest BCUT2D eigenvalue weighted by Crippen LogP contribution is -2.20. The molecular weight excluding hydrogens is 454 g/mol. The first-order chi connectivity index (χ1) is 16.2. The fourth-order valence-electron chi connectivity index (χ4n) is 2.76. The van der Waals surface area contributed by atoms with Gasteiger partial charge in [0.1, 0.15) is 5.76 Å². The minimum atomic E-state index is -0.462. The fraction of sp³-hybridized carbons (Fsp3) is 0.250. The van der Waals surface area contributed by atoms with Crippen molar-refractivity contribution in [2.75, 3.05) is 32.8 Å². The molecule has 2 aromatic carbocycles. The van der Waals surface area contributed by atoms with Gasteiger partial charge in [-0.1, -0.05) is 44.1 Å². The van der Waals surface area contributed by atoms with Gasteiger partial charge in [-0.25, -0.2) is 4.79 Å². The van der Waals surface area contributed by atoms with Gasteiger partial charge in [0.2, 0.25) is 11.8 Å². The maximum absolute atomic E-state index is 12.2. The van der Waals surface area contributed by atoms with E-state index < -0.39 is 6.03 Å². The Labute approximate surface area is 202 Å². The number of aromatic nitrogens is 1. The van der Waals surface area contributed by atoms with Crippen molar-refractivity contribution in [1.29, 1.82) is 0 Å². The third-order valence-electron chi connectivity index (χ3n) is 4.44. The number of nitrogens with one attached hydrogen (secondary N) is 4. The summed E-state index contributed by atoms with van der Waals surface area (Å²) in [6, 6.07) is 17.0. The van der Waals surface area contributed by atoms with Crippen molar-refractivity contribution in [3.8, 4) is 0 Å². The van der Waals surface area contributed by atoms with Gasteiger partial charge in [-0.2, -0.15) is 0 Å². The van der Waals surface area contributed by atoms with E-state index in [-0.39, 0.29) is 28.7 Å². The van der Waals surface area contributed by atoms with Gasteiger partial charge < -0.3 is 20.5 Å². The van der Waals surface area contributed by atoms with E-state index in [4.69, 9.17) is 4.52 Å². The van der Waals surface area contributed by atoms with Gasteiger partial charge in [0.15, 0.2) is 5.82 Å². The molecule has 3 aromatic rings. The molecular formula is C24H27N5O4S. The maximum Gasteiger partial charge on any atom is 0.324 e. The topological polar surface area (TPSA) is 125 Å². The van der Waals surface area contributed by atoms with Gasteiger partial charge >= 0.3 is 6.03 Å². The summed E-state index contributed by atoms with van der Waals surface area (Å²) in [5, 5.41) is 14.7. The number of rotatable bonds is 8. The predicted octanol–water partition coefficient (Wildman–Crippen LogP) is 4.93. The monoisotopic (exact) mass is 481 g/mol. The highest BCUT2D eigenvalue weighted by Crippen LogP contribution is 2.24.